The maximum absolute atomic E-state index is 10.2. The number of carbonyl (C=O) groups is 2. The maximum Gasteiger partial charge on any atom is 0.290 e. The van der Waals surface area contributed by atoms with Crippen LogP contribution in [0.25, 0.3) is 0 Å². The van der Waals surface area contributed by atoms with E-state index in [1.165, 1.54) is 70.1 Å². The Hall–Kier alpha value is -2.16. The van der Waals surface area contributed by atoms with Crippen molar-refractivity contribution in [1.82, 2.24) is 9.80 Å². The summed E-state index contributed by atoms with van der Waals surface area (Å²) in [5, 5.41) is 23.9. The van der Waals surface area contributed by atoms with Crippen molar-refractivity contribution >= 4 is 12.9 Å². The Morgan fingerprint density at radius 2 is 1.53 bits per heavy atom. The van der Waals surface area contributed by atoms with Gasteiger partial charge in [-0.2, -0.15) is 0 Å². The fourth-order valence-corrected chi connectivity index (χ4v) is 5.48. The van der Waals surface area contributed by atoms with Gasteiger partial charge in [0.1, 0.15) is 5.75 Å². The average Bonchev–Trinajstić information content (AvgIpc) is 2.82. The first kappa shape index (κ1) is 28.1. The fraction of sp³-hybridized carbons (Fsp3) is 0.692. The van der Waals surface area contributed by atoms with Crippen LogP contribution in [0.5, 0.6) is 5.75 Å². The second kappa shape index (κ2) is 16.5. The molecular formula is C26H42N2O6. The smallest absolute Gasteiger partial charge is 0.290 e. The molecule has 3 aliphatic heterocycles. The van der Waals surface area contributed by atoms with E-state index in [0.717, 1.165) is 38.2 Å². The van der Waals surface area contributed by atoms with Crippen LogP contribution < -0.4 is 4.74 Å². The van der Waals surface area contributed by atoms with Gasteiger partial charge in [-0.05, 0) is 77.1 Å². The van der Waals surface area contributed by atoms with E-state index in [-0.39, 0.29) is 19.0 Å². The van der Waals surface area contributed by atoms with Gasteiger partial charge in [0.15, 0.2) is 0 Å². The number of unbranched alkanes of at least 4 members (excludes halogenated alkanes) is 1. The number of carboxylic acid groups (broad SMARTS) is 2. The van der Waals surface area contributed by atoms with Gasteiger partial charge in [-0.3, -0.25) is 14.5 Å². The van der Waals surface area contributed by atoms with Crippen LogP contribution in [0.1, 0.15) is 69.8 Å². The molecule has 3 atom stereocenters. The zero-order valence-electron chi connectivity index (χ0n) is 20.3. The van der Waals surface area contributed by atoms with Crippen molar-refractivity contribution in [2.24, 2.45) is 0 Å². The summed E-state index contributed by atoms with van der Waals surface area (Å²) in [7, 11) is 0. The molecule has 3 heterocycles. The molecule has 0 aromatic heterocycles. The molecule has 8 nitrogen and oxygen atoms in total. The third-order valence-electron chi connectivity index (χ3n) is 7.00. The minimum Gasteiger partial charge on any atom is -0.493 e. The van der Waals surface area contributed by atoms with E-state index in [9.17, 15) is 5.11 Å². The minimum absolute atomic E-state index is 0.0991. The van der Waals surface area contributed by atoms with Gasteiger partial charge in [-0.25, -0.2) is 0 Å². The van der Waals surface area contributed by atoms with Gasteiger partial charge in [0.25, 0.3) is 12.9 Å². The van der Waals surface area contributed by atoms with Crippen molar-refractivity contribution in [3.05, 3.63) is 29.8 Å². The topological polar surface area (TPSA) is 111 Å². The van der Waals surface area contributed by atoms with Gasteiger partial charge in [0.05, 0.1) is 12.7 Å². The largest absolute Gasteiger partial charge is 0.493 e. The normalized spacial score (nSPS) is 24.6. The van der Waals surface area contributed by atoms with E-state index in [1.54, 1.807) is 0 Å². The van der Waals surface area contributed by atoms with E-state index >= 15 is 0 Å². The van der Waals surface area contributed by atoms with Crippen molar-refractivity contribution < 1.29 is 29.6 Å². The maximum atomic E-state index is 10.2. The molecule has 8 heteroatoms. The van der Waals surface area contributed by atoms with Crippen molar-refractivity contribution in [2.75, 3.05) is 26.2 Å². The summed E-state index contributed by atoms with van der Waals surface area (Å²) in [5.74, 6) is 1.06. The van der Waals surface area contributed by atoms with Crippen LogP contribution in [0.4, 0.5) is 0 Å². The molecule has 0 aliphatic carbocycles. The Bertz CT molecular complexity index is 678. The molecule has 0 saturated carbocycles. The number of hydrogen-bond donors (Lipinski definition) is 3. The highest BCUT2D eigenvalue weighted by Crippen LogP contribution is 2.36. The van der Waals surface area contributed by atoms with Gasteiger partial charge >= 0.3 is 0 Å². The van der Waals surface area contributed by atoms with E-state index in [4.69, 9.17) is 24.5 Å². The SMILES string of the molecule is O=CO.O=CO.OC1C[C@H]2CCC[C@@H](C1)N2Cc1ccccc1OCCCCN1CCCCC1. The molecule has 4 rings (SSSR count). The lowest BCUT2D eigenvalue weighted by molar-refractivity contribution is -0.123. The molecular weight excluding hydrogens is 436 g/mol. The Balaban J connectivity index is 0.000000618. The predicted molar refractivity (Wildman–Crippen MR) is 131 cm³/mol. The van der Waals surface area contributed by atoms with Crippen LogP contribution in [-0.4, -0.2) is 82.5 Å². The number of benzene rings is 1. The molecule has 1 aromatic rings. The lowest BCUT2D eigenvalue weighted by atomic mass is 9.82. The molecule has 2 bridgehead atoms. The van der Waals surface area contributed by atoms with Crippen molar-refractivity contribution in [2.45, 2.75) is 88.9 Å². The number of fused-ring (bicyclic) bond motifs is 2. The summed E-state index contributed by atoms with van der Waals surface area (Å²) in [6.07, 6.45) is 12.1. The summed E-state index contributed by atoms with van der Waals surface area (Å²) in [6, 6.07) is 9.67. The molecule has 3 fully saturated rings. The van der Waals surface area contributed by atoms with E-state index in [1.807, 2.05) is 0 Å². The fourth-order valence-electron chi connectivity index (χ4n) is 5.48. The Kier molecular flexibility index (Phi) is 13.6. The lowest BCUT2D eigenvalue weighted by Crippen LogP contribution is -2.52. The number of ether oxygens (including phenoxy) is 1. The molecule has 1 aromatic carbocycles. The summed E-state index contributed by atoms with van der Waals surface area (Å²) >= 11 is 0. The highest BCUT2D eigenvalue weighted by molar-refractivity contribution is 5.33. The summed E-state index contributed by atoms with van der Waals surface area (Å²) in [6.45, 7) is 5.08. The third-order valence-corrected chi connectivity index (χ3v) is 7.00. The van der Waals surface area contributed by atoms with Crippen molar-refractivity contribution in [3.63, 3.8) is 0 Å². The second-order valence-electron chi connectivity index (χ2n) is 9.31. The predicted octanol–water partition coefficient (Wildman–Crippen LogP) is 3.61. The quantitative estimate of drug-likeness (QED) is 0.384. The van der Waals surface area contributed by atoms with Crippen LogP contribution in [0.15, 0.2) is 24.3 Å². The van der Waals surface area contributed by atoms with Crippen LogP contribution >= 0.6 is 0 Å². The Morgan fingerprint density at radius 1 is 0.912 bits per heavy atom. The standard InChI is InChI=1S/C24H38N2O2.2CH2O2/c27-23-17-21-10-8-11-22(18-23)26(21)19-20-9-2-3-12-24(20)28-16-7-6-15-25-13-4-1-5-14-25;2*2-1-3/h2-3,9,12,21-23,27H,1,4-8,10-11,13-19H2;2*1H,(H,2,3)/t21-,22+,23?;;. The van der Waals surface area contributed by atoms with Crippen molar-refractivity contribution in [3.8, 4) is 5.75 Å². The van der Waals surface area contributed by atoms with E-state index < -0.39 is 0 Å². The van der Waals surface area contributed by atoms with Crippen LogP contribution in [0.3, 0.4) is 0 Å². The number of aliphatic hydroxyl groups excluding tert-OH is 1. The molecule has 192 valence electrons. The molecule has 1 unspecified atom stereocenters. The van der Waals surface area contributed by atoms with Gasteiger partial charge < -0.3 is 25.0 Å². The van der Waals surface area contributed by atoms with Gasteiger partial charge in [0, 0.05) is 24.2 Å². The molecule has 0 radical (unpaired) electrons. The highest BCUT2D eigenvalue weighted by Gasteiger charge is 2.37. The van der Waals surface area contributed by atoms with Gasteiger partial charge in [-0.15, -0.1) is 0 Å². The van der Waals surface area contributed by atoms with Gasteiger partial charge in [-0.1, -0.05) is 31.0 Å². The zero-order chi connectivity index (χ0) is 24.6. The number of rotatable bonds is 8. The first-order valence-electron chi connectivity index (χ1n) is 12.7. The monoisotopic (exact) mass is 478 g/mol. The molecule has 3 aliphatic rings. The summed E-state index contributed by atoms with van der Waals surface area (Å²) < 4.78 is 6.22. The Morgan fingerprint density at radius 3 is 2.18 bits per heavy atom. The Labute approximate surface area is 203 Å². The number of likely N-dealkylation sites (tertiary alicyclic amines) is 1. The average molecular weight is 479 g/mol. The summed E-state index contributed by atoms with van der Waals surface area (Å²) in [4.78, 5) is 22.0. The second-order valence-corrected chi connectivity index (χ2v) is 9.31. The van der Waals surface area contributed by atoms with Crippen LogP contribution in [-0.2, 0) is 16.1 Å². The molecule has 34 heavy (non-hydrogen) atoms. The first-order valence-corrected chi connectivity index (χ1v) is 12.7. The number of para-hydroxylation sites is 1. The van der Waals surface area contributed by atoms with Crippen LogP contribution in [0.2, 0.25) is 0 Å². The van der Waals surface area contributed by atoms with E-state index in [0.29, 0.717) is 12.1 Å². The number of nitrogens with zero attached hydrogens (tertiary/aromatic N) is 2. The highest BCUT2D eigenvalue weighted by atomic mass is 16.5. The minimum atomic E-state index is -0.250. The molecule has 0 amide bonds. The van der Waals surface area contributed by atoms with Crippen LogP contribution in [0, 0.1) is 0 Å². The summed E-state index contributed by atoms with van der Waals surface area (Å²) in [5.41, 5.74) is 1.31. The lowest BCUT2D eigenvalue weighted by Gasteiger charge is -2.48. The number of hydrogen-bond acceptors (Lipinski definition) is 6. The number of piperidine rings is 3. The first-order chi connectivity index (χ1) is 16.6. The van der Waals surface area contributed by atoms with E-state index in [2.05, 4.69) is 34.1 Å². The number of aliphatic hydroxyl groups is 1. The van der Waals surface area contributed by atoms with Crippen molar-refractivity contribution in [1.29, 1.82) is 0 Å². The molecule has 3 saturated heterocycles. The molecule has 0 spiro atoms. The third kappa shape index (κ3) is 9.60. The van der Waals surface area contributed by atoms with Gasteiger partial charge in [0.2, 0.25) is 0 Å². The molecule has 3 N–H and O–H groups in total. The zero-order valence-corrected chi connectivity index (χ0v) is 20.3.